The Hall–Kier alpha value is -2.80. The number of hydrogen-bond donors (Lipinski definition) is 1. The molecule has 0 aliphatic rings. The smallest absolute Gasteiger partial charge is 0.122 e. The van der Waals surface area contributed by atoms with Crippen molar-refractivity contribution in [3.05, 3.63) is 60.2 Å². The summed E-state index contributed by atoms with van der Waals surface area (Å²) in [6, 6.07) is 13.6. The van der Waals surface area contributed by atoms with Gasteiger partial charge < -0.3 is 9.73 Å². The Bertz CT molecular complexity index is 742. The molecule has 4 heteroatoms. The Morgan fingerprint density at radius 3 is 2.89 bits per heavy atom. The second kappa shape index (κ2) is 4.83. The van der Waals surface area contributed by atoms with E-state index < -0.39 is 0 Å². The van der Waals surface area contributed by atoms with Crippen molar-refractivity contribution >= 4 is 16.6 Å². The summed E-state index contributed by atoms with van der Waals surface area (Å²) in [6.45, 7) is 0.537. The van der Waals surface area contributed by atoms with E-state index in [1.807, 2.05) is 36.4 Å². The van der Waals surface area contributed by atoms with Crippen molar-refractivity contribution in [1.82, 2.24) is 4.98 Å². The summed E-state index contributed by atoms with van der Waals surface area (Å²) in [5, 5.41) is 13.4. The number of para-hydroxylation sites is 1. The standard InChI is InChI=1S/C15H11N3O/c16-8-11-9-17-14-6-2-1-5-13(14)15(11)18-10-12-4-3-7-19-12/h1-7,9H,10H2,(H,17,18). The van der Waals surface area contributed by atoms with Crippen molar-refractivity contribution < 1.29 is 4.42 Å². The number of pyridine rings is 1. The van der Waals surface area contributed by atoms with Crippen LogP contribution in [0.2, 0.25) is 0 Å². The van der Waals surface area contributed by atoms with Gasteiger partial charge in [-0.05, 0) is 18.2 Å². The number of nitrogens with zero attached hydrogens (tertiary/aromatic N) is 2. The zero-order chi connectivity index (χ0) is 13.1. The highest BCUT2D eigenvalue weighted by Gasteiger charge is 2.08. The van der Waals surface area contributed by atoms with Crippen molar-refractivity contribution in [2.45, 2.75) is 6.54 Å². The summed E-state index contributed by atoms with van der Waals surface area (Å²) >= 11 is 0. The van der Waals surface area contributed by atoms with Gasteiger partial charge in [0.25, 0.3) is 0 Å². The first kappa shape index (κ1) is 11.3. The highest BCUT2D eigenvalue weighted by Crippen LogP contribution is 2.25. The molecule has 2 heterocycles. The lowest BCUT2D eigenvalue weighted by molar-refractivity contribution is 0.518. The molecule has 0 bridgehead atoms. The molecule has 0 unspecified atom stereocenters. The van der Waals surface area contributed by atoms with Crippen LogP contribution in [0.5, 0.6) is 0 Å². The fourth-order valence-corrected chi connectivity index (χ4v) is 2.01. The molecule has 0 spiro atoms. The Balaban J connectivity index is 2.02. The highest BCUT2D eigenvalue weighted by molar-refractivity contribution is 5.93. The number of anilines is 1. The van der Waals surface area contributed by atoms with E-state index in [1.54, 1.807) is 12.5 Å². The van der Waals surface area contributed by atoms with Gasteiger partial charge in [0.15, 0.2) is 0 Å². The Kier molecular flexibility index (Phi) is 2.87. The summed E-state index contributed by atoms with van der Waals surface area (Å²) in [6.07, 6.45) is 3.22. The van der Waals surface area contributed by atoms with Gasteiger partial charge in [-0.15, -0.1) is 0 Å². The molecule has 0 atom stereocenters. The van der Waals surface area contributed by atoms with Crippen LogP contribution in [0.3, 0.4) is 0 Å². The van der Waals surface area contributed by atoms with E-state index in [2.05, 4.69) is 16.4 Å². The van der Waals surface area contributed by atoms with Crippen LogP contribution in [-0.4, -0.2) is 4.98 Å². The topological polar surface area (TPSA) is 61.9 Å². The number of rotatable bonds is 3. The fourth-order valence-electron chi connectivity index (χ4n) is 2.01. The molecule has 92 valence electrons. The molecule has 0 amide bonds. The maximum absolute atomic E-state index is 9.18. The van der Waals surface area contributed by atoms with Crippen molar-refractivity contribution in [1.29, 1.82) is 5.26 Å². The first-order valence-electron chi connectivity index (χ1n) is 5.92. The van der Waals surface area contributed by atoms with E-state index in [0.29, 0.717) is 12.1 Å². The summed E-state index contributed by atoms with van der Waals surface area (Å²) < 4.78 is 5.28. The molecular formula is C15H11N3O. The van der Waals surface area contributed by atoms with E-state index in [1.165, 1.54) is 0 Å². The molecule has 0 aliphatic carbocycles. The van der Waals surface area contributed by atoms with Gasteiger partial charge in [0.05, 0.1) is 29.6 Å². The predicted molar refractivity (Wildman–Crippen MR) is 72.5 cm³/mol. The highest BCUT2D eigenvalue weighted by atomic mass is 16.3. The lowest BCUT2D eigenvalue weighted by Gasteiger charge is -2.09. The van der Waals surface area contributed by atoms with Crippen molar-refractivity contribution in [3.63, 3.8) is 0 Å². The molecule has 0 fully saturated rings. The molecule has 0 aliphatic heterocycles. The van der Waals surface area contributed by atoms with Crippen molar-refractivity contribution in [2.24, 2.45) is 0 Å². The largest absolute Gasteiger partial charge is 0.467 e. The number of nitriles is 1. The average Bonchev–Trinajstić information content (AvgIpc) is 2.97. The summed E-state index contributed by atoms with van der Waals surface area (Å²) in [4.78, 5) is 4.27. The van der Waals surface area contributed by atoms with Gasteiger partial charge in [0.1, 0.15) is 11.8 Å². The monoisotopic (exact) mass is 249 g/mol. The van der Waals surface area contributed by atoms with Crippen molar-refractivity contribution in [3.8, 4) is 6.07 Å². The summed E-state index contributed by atoms with van der Waals surface area (Å²) in [5.74, 6) is 0.824. The van der Waals surface area contributed by atoms with Crippen LogP contribution in [0.15, 0.2) is 53.3 Å². The minimum Gasteiger partial charge on any atom is -0.467 e. The maximum atomic E-state index is 9.18. The summed E-state index contributed by atoms with van der Waals surface area (Å²) in [5.41, 5.74) is 2.19. The number of furan rings is 1. The van der Waals surface area contributed by atoms with Gasteiger partial charge in [-0.1, -0.05) is 18.2 Å². The number of benzene rings is 1. The van der Waals surface area contributed by atoms with Crippen LogP contribution in [0, 0.1) is 11.3 Å². The molecule has 3 rings (SSSR count). The number of hydrogen-bond acceptors (Lipinski definition) is 4. The van der Waals surface area contributed by atoms with Gasteiger partial charge in [0, 0.05) is 11.6 Å². The van der Waals surface area contributed by atoms with Gasteiger partial charge in [-0.3, -0.25) is 4.98 Å². The molecule has 0 radical (unpaired) electrons. The first-order chi connectivity index (χ1) is 9.38. The van der Waals surface area contributed by atoms with E-state index >= 15 is 0 Å². The minimum absolute atomic E-state index is 0.533. The Labute approximate surface area is 110 Å². The molecule has 19 heavy (non-hydrogen) atoms. The van der Waals surface area contributed by atoms with Crippen LogP contribution in [-0.2, 0) is 6.54 Å². The van der Waals surface area contributed by atoms with E-state index in [9.17, 15) is 5.26 Å². The van der Waals surface area contributed by atoms with Crippen LogP contribution >= 0.6 is 0 Å². The van der Waals surface area contributed by atoms with Crippen LogP contribution in [0.25, 0.3) is 10.9 Å². The number of nitrogens with one attached hydrogen (secondary N) is 1. The van der Waals surface area contributed by atoms with Gasteiger partial charge >= 0.3 is 0 Å². The quantitative estimate of drug-likeness (QED) is 0.773. The molecular weight excluding hydrogens is 238 g/mol. The number of aromatic nitrogens is 1. The lowest BCUT2D eigenvalue weighted by Crippen LogP contribution is -2.02. The third-order valence-electron chi connectivity index (χ3n) is 2.92. The van der Waals surface area contributed by atoms with Gasteiger partial charge in [0.2, 0.25) is 0 Å². The van der Waals surface area contributed by atoms with E-state index in [4.69, 9.17) is 4.42 Å². The molecule has 4 nitrogen and oxygen atoms in total. The molecule has 1 aromatic carbocycles. The van der Waals surface area contributed by atoms with Gasteiger partial charge in [-0.2, -0.15) is 5.26 Å². The maximum Gasteiger partial charge on any atom is 0.122 e. The normalized spacial score (nSPS) is 10.3. The third-order valence-corrected chi connectivity index (χ3v) is 2.92. The Morgan fingerprint density at radius 2 is 2.11 bits per heavy atom. The number of fused-ring (bicyclic) bond motifs is 1. The fraction of sp³-hybridized carbons (Fsp3) is 0.0667. The van der Waals surface area contributed by atoms with Gasteiger partial charge in [-0.25, -0.2) is 0 Å². The second-order valence-electron chi connectivity index (χ2n) is 4.11. The minimum atomic E-state index is 0.533. The summed E-state index contributed by atoms with van der Waals surface area (Å²) in [7, 11) is 0. The predicted octanol–water partition coefficient (Wildman–Crippen LogP) is 3.31. The molecule has 0 saturated heterocycles. The molecule has 2 aromatic heterocycles. The van der Waals surface area contributed by atoms with E-state index in [0.717, 1.165) is 22.4 Å². The van der Waals surface area contributed by atoms with E-state index in [-0.39, 0.29) is 0 Å². The molecule has 1 N–H and O–H groups in total. The SMILES string of the molecule is N#Cc1cnc2ccccc2c1NCc1ccco1. The lowest BCUT2D eigenvalue weighted by atomic mass is 10.1. The van der Waals surface area contributed by atoms with Crippen LogP contribution < -0.4 is 5.32 Å². The zero-order valence-corrected chi connectivity index (χ0v) is 10.1. The van der Waals surface area contributed by atoms with Crippen LogP contribution in [0.1, 0.15) is 11.3 Å². The first-order valence-corrected chi connectivity index (χ1v) is 5.92. The molecule has 0 saturated carbocycles. The molecule has 3 aromatic rings. The Morgan fingerprint density at radius 1 is 1.21 bits per heavy atom. The average molecular weight is 249 g/mol. The van der Waals surface area contributed by atoms with Crippen molar-refractivity contribution in [2.75, 3.05) is 5.32 Å². The van der Waals surface area contributed by atoms with Crippen LogP contribution in [0.4, 0.5) is 5.69 Å². The zero-order valence-electron chi connectivity index (χ0n) is 10.1. The third kappa shape index (κ3) is 2.14. The second-order valence-corrected chi connectivity index (χ2v) is 4.11.